The van der Waals surface area contributed by atoms with Crippen molar-refractivity contribution in [2.24, 2.45) is 5.73 Å². The van der Waals surface area contributed by atoms with Gasteiger partial charge in [-0.25, -0.2) is 4.79 Å². The van der Waals surface area contributed by atoms with Gasteiger partial charge < -0.3 is 25.8 Å². The second kappa shape index (κ2) is 4.30. The van der Waals surface area contributed by atoms with Crippen LogP contribution in [0.3, 0.4) is 0 Å². The summed E-state index contributed by atoms with van der Waals surface area (Å²) in [6, 6.07) is 1.33. The van der Waals surface area contributed by atoms with Crippen LogP contribution in [-0.2, 0) is 4.74 Å². The van der Waals surface area contributed by atoms with Gasteiger partial charge in [0.1, 0.15) is 18.0 Å². The molecular formula is C9H14N4O5. The summed E-state index contributed by atoms with van der Waals surface area (Å²) in [6.07, 6.45) is -2.77. The van der Waals surface area contributed by atoms with Gasteiger partial charge >= 0.3 is 5.69 Å². The molecule has 2 rings (SSSR count). The zero-order chi connectivity index (χ0) is 13.5. The standard InChI is InChI=1S/C9H14N4O5/c10-5-1-2-13(8(16)12-5)7-6(15)9(11,17)4(3-14)18-7/h1-2,4,6-7,14-15,17H,3,11H2,(H2,10,12,16)/t4-,6+,7-,9-/m1/s1. The number of aromatic nitrogens is 2. The molecule has 4 atom stereocenters. The SMILES string of the molecule is Nc1ccn([C@@H]2O[C@H](CO)[C@@](N)(O)[C@H]2O)c(=O)n1. The van der Waals surface area contributed by atoms with Gasteiger partial charge in [0.2, 0.25) is 0 Å². The Kier molecular flexibility index (Phi) is 3.09. The maximum Gasteiger partial charge on any atom is 0.351 e. The van der Waals surface area contributed by atoms with Crippen LogP contribution in [0.5, 0.6) is 0 Å². The van der Waals surface area contributed by atoms with E-state index in [4.69, 9.17) is 21.3 Å². The smallest absolute Gasteiger partial charge is 0.351 e. The summed E-state index contributed by atoms with van der Waals surface area (Å²) in [7, 11) is 0. The van der Waals surface area contributed by atoms with E-state index in [0.29, 0.717) is 0 Å². The highest BCUT2D eigenvalue weighted by Crippen LogP contribution is 2.32. The number of ether oxygens (including phenoxy) is 1. The van der Waals surface area contributed by atoms with E-state index in [2.05, 4.69) is 4.98 Å². The van der Waals surface area contributed by atoms with Crippen LogP contribution in [0.1, 0.15) is 6.23 Å². The van der Waals surface area contributed by atoms with Crippen LogP contribution in [-0.4, -0.2) is 49.4 Å². The number of hydrogen-bond donors (Lipinski definition) is 5. The highest BCUT2D eigenvalue weighted by atomic mass is 16.6. The third-order valence-corrected chi connectivity index (χ3v) is 2.85. The number of aliphatic hydroxyl groups is 3. The Morgan fingerprint density at radius 3 is 2.78 bits per heavy atom. The van der Waals surface area contributed by atoms with Gasteiger partial charge in [-0.1, -0.05) is 0 Å². The first kappa shape index (κ1) is 12.9. The van der Waals surface area contributed by atoms with Crippen LogP contribution in [0.4, 0.5) is 5.82 Å². The summed E-state index contributed by atoms with van der Waals surface area (Å²) in [4.78, 5) is 15.0. The van der Waals surface area contributed by atoms with E-state index in [-0.39, 0.29) is 5.82 Å². The monoisotopic (exact) mass is 258 g/mol. The summed E-state index contributed by atoms with van der Waals surface area (Å²) in [5.74, 6) is 0.0189. The molecule has 0 saturated carbocycles. The molecule has 1 aromatic rings. The second-order valence-corrected chi connectivity index (χ2v) is 4.07. The molecule has 1 aliphatic heterocycles. The highest BCUT2D eigenvalue weighted by molar-refractivity contribution is 5.23. The van der Waals surface area contributed by atoms with E-state index in [1.165, 1.54) is 12.3 Å². The second-order valence-electron chi connectivity index (χ2n) is 4.07. The number of nitrogens with zero attached hydrogens (tertiary/aromatic N) is 2. The minimum atomic E-state index is -2.15. The summed E-state index contributed by atoms with van der Waals surface area (Å²) < 4.78 is 6.09. The van der Waals surface area contributed by atoms with Gasteiger partial charge in [0.15, 0.2) is 12.0 Å². The number of nitrogens with two attached hydrogens (primary N) is 2. The van der Waals surface area contributed by atoms with E-state index in [9.17, 15) is 15.0 Å². The number of hydrogen-bond acceptors (Lipinski definition) is 8. The van der Waals surface area contributed by atoms with Crippen molar-refractivity contribution in [3.63, 3.8) is 0 Å². The molecule has 0 radical (unpaired) electrons. The molecule has 9 nitrogen and oxygen atoms in total. The Bertz CT molecular complexity index is 502. The van der Waals surface area contributed by atoms with Crippen molar-refractivity contribution >= 4 is 5.82 Å². The molecule has 1 fully saturated rings. The quantitative estimate of drug-likeness (QED) is 0.346. The normalized spacial score (nSPS) is 35.9. The van der Waals surface area contributed by atoms with Crippen molar-refractivity contribution in [1.29, 1.82) is 0 Å². The molecule has 9 heteroatoms. The molecule has 0 bridgehead atoms. The molecular weight excluding hydrogens is 244 g/mol. The first-order chi connectivity index (χ1) is 8.37. The summed E-state index contributed by atoms with van der Waals surface area (Å²) in [5.41, 5.74) is 7.86. The van der Waals surface area contributed by atoms with Crippen LogP contribution in [0.25, 0.3) is 0 Å². The number of rotatable bonds is 2. The van der Waals surface area contributed by atoms with Crippen molar-refractivity contribution in [2.75, 3.05) is 12.3 Å². The lowest BCUT2D eigenvalue weighted by Crippen LogP contribution is -2.57. The molecule has 0 aliphatic carbocycles. The van der Waals surface area contributed by atoms with Gasteiger partial charge in [0.05, 0.1) is 6.61 Å². The maximum absolute atomic E-state index is 11.6. The fourth-order valence-electron chi connectivity index (χ4n) is 1.80. The third kappa shape index (κ3) is 1.87. The summed E-state index contributed by atoms with van der Waals surface area (Å²) >= 11 is 0. The van der Waals surface area contributed by atoms with E-state index in [1.807, 2.05) is 0 Å². The number of aliphatic hydroxyl groups excluding tert-OH is 2. The predicted octanol–water partition coefficient (Wildman–Crippen LogP) is -3.28. The average Bonchev–Trinajstić information content (AvgIpc) is 2.52. The van der Waals surface area contributed by atoms with E-state index >= 15 is 0 Å². The first-order valence-corrected chi connectivity index (χ1v) is 5.18. The van der Waals surface area contributed by atoms with Crippen LogP contribution >= 0.6 is 0 Å². The lowest BCUT2D eigenvalue weighted by Gasteiger charge is -2.24. The molecule has 2 heterocycles. The lowest BCUT2D eigenvalue weighted by atomic mass is 10.0. The number of anilines is 1. The Labute approximate surface area is 101 Å². The van der Waals surface area contributed by atoms with Crippen molar-refractivity contribution in [1.82, 2.24) is 9.55 Å². The molecule has 1 aliphatic rings. The maximum atomic E-state index is 11.6. The molecule has 0 spiro atoms. The van der Waals surface area contributed by atoms with Gasteiger partial charge in [-0.15, -0.1) is 0 Å². The Morgan fingerprint density at radius 2 is 2.28 bits per heavy atom. The van der Waals surface area contributed by atoms with Crippen LogP contribution in [0, 0.1) is 0 Å². The van der Waals surface area contributed by atoms with Crippen LogP contribution < -0.4 is 17.2 Å². The third-order valence-electron chi connectivity index (χ3n) is 2.85. The molecule has 100 valence electrons. The fourth-order valence-corrected chi connectivity index (χ4v) is 1.80. The van der Waals surface area contributed by atoms with Crippen molar-refractivity contribution in [3.8, 4) is 0 Å². The Hall–Kier alpha value is -1.52. The summed E-state index contributed by atoms with van der Waals surface area (Å²) in [6.45, 7) is -0.599. The Morgan fingerprint density at radius 1 is 1.61 bits per heavy atom. The minimum absolute atomic E-state index is 0.0189. The molecule has 1 aromatic heterocycles. The van der Waals surface area contributed by atoms with Crippen molar-refractivity contribution in [2.45, 2.75) is 24.2 Å². The molecule has 18 heavy (non-hydrogen) atoms. The van der Waals surface area contributed by atoms with Gasteiger partial charge in [-0.05, 0) is 6.07 Å². The van der Waals surface area contributed by atoms with Crippen molar-refractivity contribution < 1.29 is 20.1 Å². The summed E-state index contributed by atoms with van der Waals surface area (Å²) in [5, 5.41) is 28.6. The molecule has 7 N–H and O–H groups in total. The van der Waals surface area contributed by atoms with Gasteiger partial charge in [-0.3, -0.25) is 10.3 Å². The first-order valence-electron chi connectivity index (χ1n) is 5.18. The van der Waals surface area contributed by atoms with Crippen LogP contribution in [0.2, 0.25) is 0 Å². The van der Waals surface area contributed by atoms with E-state index in [1.54, 1.807) is 0 Å². The molecule has 0 amide bonds. The zero-order valence-corrected chi connectivity index (χ0v) is 9.30. The molecule has 0 aromatic carbocycles. The van der Waals surface area contributed by atoms with Crippen molar-refractivity contribution in [3.05, 3.63) is 22.7 Å². The molecule has 0 unspecified atom stereocenters. The highest BCUT2D eigenvalue weighted by Gasteiger charge is 2.53. The van der Waals surface area contributed by atoms with E-state index in [0.717, 1.165) is 4.57 Å². The van der Waals surface area contributed by atoms with Gasteiger partial charge in [0.25, 0.3) is 0 Å². The number of nitrogen functional groups attached to an aromatic ring is 1. The van der Waals surface area contributed by atoms with Gasteiger partial charge in [0, 0.05) is 6.20 Å². The van der Waals surface area contributed by atoms with E-state index < -0.39 is 36.5 Å². The Balaban J connectivity index is 2.38. The molecule has 1 saturated heterocycles. The predicted molar refractivity (Wildman–Crippen MR) is 59.0 cm³/mol. The van der Waals surface area contributed by atoms with Crippen LogP contribution in [0.15, 0.2) is 17.1 Å². The minimum Gasteiger partial charge on any atom is -0.393 e. The fraction of sp³-hybridized carbons (Fsp3) is 0.556. The van der Waals surface area contributed by atoms with Gasteiger partial charge in [-0.2, -0.15) is 4.98 Å². The zero-order valence-electron chi connectivity index (χ0n) is 9.30. The topological polar surface area (TPSA) is 157 Å². The average molecular weight is 258 g/mol. The largest absolute Gasteiger partial charge is 0.393 e. The lowest BCUT2D eigenvalue weighted by molar-refractivity contribution is -0.0886.